The van der Waals surface area contributed by atoms with Gasteiger partial charge in [0.15, 0.2) is 0 Å². The highest BCUT2D eigenvalue weighted by Gasteiger charge is 2.24. The number of imidazole rings is 1. The lowest BCUT2D eigenvalue weighted by Crippen LogP contribution is -2.33. The Hall–Kier alpha value is -3.96. The van der Waals surface area contributed by atoms with Crippen molar-refractivity contribution < 1.29 is 13.9 Å². The normalized spacial score (nSPS) is 14.5. The third-order valence-electron chi connectivity index (χ3n) is 7.10. The molecule has 8 heteroatoms. The number of halogens is 1. The van der Waals surface area contributed by atoms with Crippen molar-refractivity contribution in [2.75, 3.05) is 19.7 Å². The summed E-state index contributed by atoms with van der Waals surface area (Å²) in [6.45, 7) is 5.55. The summed E-state index contributed by atoms with van der Waals surface area (Å²) in [5, 5.41) is 8.91. The predicted molar refractivity (Wildman–Crippen MR) is 143 cm³/mol. The van der Waals surface area contributed by atoms with Crippen molar-refractivity contribution in [3.05, 3.63) is 83.1 Å². The van der Waals surface area contributed by atoms with E-state index in [1.54, 1.807) is 18.2 Å². The molecule has 0 amide bonds. The number of ether oxygens (including phenoxy) is 2. The van der Waals surface area contributed by atoms with Gasteiger partial charge in [-0.15, -0.1) is 0 Å². The number of aromatic nitrogens is 3. The molecule has 0 radical (unpaired) electrons. The van der Waals surface area contributed by atoms with Gasteiger partial charge in [-0.1, -0.05) is 25.1 Å². The number of para-hydroxylation sites is 1. The molecule has 1 saturated heterocycles. The average Bonchev–Trinajstić information content (AvgIpc) is 3.27. The van der Waals surface area contributed by atoms with E-state index in [9.17, 15) is 4.39 Å². The van der Waals surface area contributed by atoms with E-state index in [-0.39, 0.29) is 6.61 Å². The summed E-state index contributed by atoms with van der Waals surface area (Å²) >= 11 is 0. The maximum Gasteiger partial charge on any atom is 0.213 e. The van der Waals surface area contributed by atoms with Gasteiger partial charge >= 0.3 is 0 Å². The third kappa shape index (κ3) is 5.63. The van der Waals surface area contributed by atoms with Gasteiger partial charge in [0.05, 0.1) is 30.3 Å². The Bertz CT molecular complexity index is 1450. The first-order chi connectivity index (χ1) is 18.6. The smallest absolute Gasteiger partial charge is 0.213 e. The topological polar surface area (TPSA) is 76.2 Å². The summed E-state index contributed by atoms with van der Waals surface area (Å²) in [6, 6.07) is 18.2. The Balaban J connectivity index is 1.19. The maximum absolute atomic E-state index is 14.2. The molecule has 0 unspecified atom stereocenters. The molecule has 1 aliphatic rings. The number of nitrogens with zero attached hydrogens (tertiary/aromatic N) is 5. The fourth-order valence-electron chi connectivity index (χ4n) is 4.92. The molecule has 2 aromatic carbocycles. The first-order valence-corrected chi connectivity index (χ1v) is 13.1. The third-order valence-corrected chi connectivity index (χ3v) is 7.10. The Labute approximate surface area is 222 Å². The summed E-state index contributed by atoms with van der Waals surface area (Å²) < 4.78 is 28.1. The summed E-state index contributed by atoms with van der Waals surface area (Å²) in [5.74, 6) is 2.26. The number of pyridine rings is 1. The standard InChI is InChI=1S/C30H32FN5O2/c1-3-16-37-27-8-5-7-26-30(27)34-28(35(26)2)19-36-14-12-22(13-15-36)25-6-4-9-29(33-25)38-20-23-11-10-21(18-32)17-24(23)31/h4-11,17,22H,3,12-16,19-20H2,1-2H3. The highest BCUT2D eigenvalue weighted by Crippen LogP contribution is 2.30. The van der Waals surface area contributed by atoms with Crippen molar-refractivity contribution >= 4 is 11.0 Å². The van der Waals surface area contributed by atoms with Gasteiger partial charge in [-0.05, 0) is 62.7 Å². The maximum atomic E-state index is 14.2. The second-order valence-electron chi connectivity index (χ2n) is 9.72. The highest BCUT2D eigenvalue weighted by molar-refractivity contribution is 5.82. The fraction of sp³-hybridized carbons (Fsp3) is 0.367. The summed E-state index contributed by atoms with van der Waals surface area (Å²) in [7, 11) is 2.07. The number of benzene rings is 2. The quantitative estimate of drug-likeness (QED) is 0.285. The van der Waals surface area contributed by atoms with Crippen molar-refractivity contribution in [2.24, 2.45) is 7.05 Å². The lowest BCUT2D eigenvalue weighted by Gasteiger charge is -2.31. The van der Waals surface area contributed by atoms with Crippen LogP contribution >= 0.6 is 0 Å². The molecule has 0 aliphatic carbocycles. The molecule has 0 saturated carbocycles. The molecule has 1 fully saturated rings. The lowest BCUT2D eigenvalue weighted by molar-refractivity contribution is 0.197. The van der Waals surface area contributed by atoms with Crippen LogP contribution in [0, 0.1) is 17.1 Å². The summed E-state index contributed by atoms with van der Waals surface area (Å²) in [6.07, 6.45) is 2.95. The number of piperidine rings is 1. The molecule has 0 spiro atoms. The van der Waals surface area contributed by atoms with Gasteiger partial charge in [-0.25, -0.2) is 14.4 Å². The predicted octanol–water partition coefficient (Wildman–Crippen LogP) is 5.73. The number of rotatable bonds is 9. The minimum Gasteiger partial charge on any atom is -0.491 e. The van der Waals surface area contributed by atoms with Gasteiger partial charge in [-0.2, -0.15) is 5.26 Å². The van der Waals surface area contributed by atoms with Crippen LogP contribution < -0.4 is 9.47 Å². The summed E-state index contributed by atoms with van der Waals surface area (Å²) in [5.41, 5.74) is 3.71. The molecule has 3 heterocycles. The second-order valence-corrected chi connectivity index (χ2v) is 9.72. The van der Waals surface area contributed by atoms with Gasteiger partial charge in [0.2, 0.25) is 5.88 Å². The first-order valence-electron chi connectivity index (χ1n) is 13.1. The van der Waals surface area contributed by atoms with Gasteiger partial charge in [0, 0.05) is 30.3 Å². The van der Waals surface area contributed by atoms with E-state index in [1.807, 2.05) is 30.3 Å². The van der Waals surface area contributed by atoms with Crippen LogP contribution in [0.4, 0.5) is 4.39 Å². The van der Waals surface area contributed by atoms with E-state index in [1.165, 1.54) is 6.07 Å². The van der Waals surface area contributed by atoms with Crippen LogP contribution in [0.25, 0.3) is 11.0 Å². The Morgan fingerprint density at radius 1 is 1.05 bits per heavy atom. The number of hydrogen-bond acceptors (Lipinski definition) is 6. The molecular formula is C30H32FN5O2. The van der Waals surface area contributed by atoms with Crippen molar-refractivity contribution in [3.8, 4) is 17.7 Å². The Morgan fingerprint density at radius 3 is 2.63 bits per heavy atom. The second kappa shape index (κ2) is 11.6. The monoisotopic (exact) mass is 513 g/mol. The zero-order valence-corrected chi connectivity index (χ0v) is 21.9. The van der Waals surface area contributed by atoms with Crippen LogP contribution in [0.1, 0.15) is 54.7 Å². The molecule has 0 N–H and O–H groups in total. The number of likely N-dealkylation sites (tertiary alicyclic amines) is 1. The van der Waals surface area contributed by atoms with Crippen LogP contribution in [0.2, 0.25) is 0 Å². The zero-order valence-electron chi connectivity index (χ0n) is 21.9. The van der Waals surface area contributed by atoms with Crippen molar-refractivity contribution in [3.63, 3.8) is 0 Å². The van der Waals surface area contributed by atoms with E-state index >= 15 is 0 Å². The number of fused-ring (bicyclic) bond motifs is 1. The van der Waals surface area contributed by atoms with Crippen LogP contribution in [0.5, 0.6) is 11.6 Å². The molecule has 2 aromatic heterocycles. The summed E-state index contributed by atoms with van der Waals surface area (Å²) in [4.78, 5) is 12.1. The Morgan fingerprint density at radius 2 is 1.87 bits per heavy atom. The number of nitriles is 1. The minimum atomic E-state index is -0.446. The van der Waals surface area contributed by atoms with Gasteiger partial charge < -0.3 is 14.0 Å². The molecule has 4 aromatic rings. The molecule has 0 atom stereocenters. The Kier molecular flexibility index (Phi) is 7.85. The number of aryl methyl sites for hydroxylation is 1. The van der Waals surface area contributed by atoms with E-state index in [2.05, 4.69) is 29.5 Å². The lowest BCUT2D eigenvalue weighted by atomic mass is 9.93. The molecule has 7 nitrogen and oxygen atoms in total. The molecular weight excluding hydrogens is 481 g/mol. The molecule has 1 aliphatic heterocycles. The highest BCUT2D eigenvalue weighted by atomic mass is 19.1. The number of hydrogen-bond donors (Lipinski definition) is 0. The van der Waals surface area contributed by atoms with Crippen molar-refractivity contribution in [1.29, 1.82) is 5.26 Å². The van der Waals surface area contributed by atoms with E-state index in [0.717, 1.165) is 67.2 Å². The molecule has 196 valence electrons. The van der Waals surface area contributed by atoms with E-state index < -0.39 is 5.82 Å². The molecule has 5 rings (SSSR count). The van der Waals surface area contributed by atoms with E-state index in [0.29, 0.717) is 29.5 Å². The van der Waals surface area contributed by atoms with Crippen LogP contribution in [-0.2, 0) is 20.2 Å². The average molecular weight is 514 g/mol. The fourth-order valence-corrected chi connectivity index (χ4v) is 4.92. The van der Waals surface area contributed by atoms with Crippen LogP contribution in [-0.4, -0.2) is 39.1 Å². The van der Waals surface area contributed by atoms with Crippen LogP contribution in [0.3, 0.4) is 0 Å². The van der Waals surface area contributed by atoms with Crippen molar-refractivity contribution in [1.82, 2.24) is 19.4 Å². The minimum absolute atomic E-state index is 0.0651. The molecule has 38 heavy (non-hydrogen) atoms. The largest absolute Gasteiger partial charge is 0.491 e. The van der Waals surface area contributed by atoms with Crippen LogP contribution in [0.15, 0.2) is 54.6 Å². The van der Waals surface area contributed by atoms with Gasteiger partial charge in [-0.3, -0.25) is 4.90 Å². The SMILES string of the molecule is CCCOc1cccc2c1nc(CN1CCC(c3cccc(OCc4ccc(C#N)cc4F)n3)CC1)n2C. The van der Waals surface area contributed by atoms with Gasteiger partial charge in [0.1, 0.15) is 29.5 Å². The van der Waals surface area contributed by atoms with Crippen molar-refractivity contribution in [2.45, 2.75) is 45.3 Å². The first kappa shape index (κ1) is 25.7. The zero-order chi connectivity index (χ0) is 26.5. The molecule has 0 bridgehead atoms. The van der Waals surface area contributed by atoms with Gasteiger partial charge in [0.25, 0.3) is 0 Å². The van der Waals surface area contributed by atoms with E-state index in [4.69, 9.17) is 24.7 Å².